The number of carbonyl (C=O) groups is 1. The van der Waals surface area contributed by atoms with Crippen molar-refractivity contribution in [2.45, 2.75) is 4.90 Å². The molecule has 0 bridgehead atoms. The zero-order valence-electron chi connectivity index (χ0n) is 12.7. The van der Waals surface area contributed by atoms with Crippen LogP contribution in [0.25, 0.3) is 21.6 Å². The maximum atomic E-state index is 14.0. The van der Waals surface area contributed by atoms with E-state index in [1.54, 1.807) is 23.9 Å². The highest BCUT2D eigenvalue weighted by Gasteiger charge is 2.14. The number of benzene rings is 2. The molecule has 24 heavy (non-hydrogen) atoms. The molecule has 0 unspecified atom stereocenters. The minimum Gasteiger partial charge on any atom is -0.297 e. The lowest BCUT2D eigenvalue weighted by molar-refractivity contribution is 0.112. The van der Waals surface area contributed by atoms with E-state index < -0.39 is 5.82 Å². The van der Waals surface area contributed by atoms with Crippen molar-refractivity contribution < 1.29 is 9.18 Å². The lowest BCUT2D eigenvalue weighted by Gasteiger charge is -2.06. The summed E-state index contributed by atoms with van der Waals surface area (Å²) in [6.07, 6.45) is 2.81. The molecule has 0 fully saturated rings. The Balaban J connectivity index is 2.14. The number of thiophene rings is 1. The Morgan fingerprint density at radius 2 is 1.83 bits per heavy atom. The van der Waals surface area contributed by atoms with Crippen molar-refractivity contribution in [1.82, 2.24) is 0 Å². The number of nitriles is 1. The first-order chi connectivity index (χ1) is 11.7. The molecule has 0 radical (unpaired) electrons. The van der Waals surface area contributed by atoms with Crippen molar-refractivity contribution in [2.75, 3.05) is 6.26 Å². The fraction of sp³-hybridized carbons (Fsp3) is 0.0526. The molecule has 3 rings (SSSR count). The van der Waals surface area contributed by atoms with Crippen LogP contribution in [-0.2, 0) is 0 Å². The molecule has 0 amide bonds. The van der Waals surface area contributed by atoms with E-state index >= 15 is 0 Å². The van der Waals surface area contributed by atoms with E-state index in [1.165, 1.54) is 23.5 Å². The van der Waals surface area contributed by atoms with Gasteiger partial charge in [0.1, 0.15) is 11.9 Å². The molecule has 0 aliphatic heterocycles. The number of hydrogen-bond acceptors (Lipinski definition) is 4. The Morgan fingerprint density at radius 1 is 1.12 bits per heavy atom. The summed E-state index contributed by atoms with van der Waals surface area (Å²) in [6.45, 7) is 0. The third-order valence-electron chi connectivity index (χ3n) is 3.62. The lowest BCUT2D eigenvalue weighted by atomic mass is 10.0. The Kier molecular flexibility index (Phi) is 4.79. The van der Waals surface area contributed by atoms with Gasteiger partial charge in [-0.25, -0.2) is 4.39 Å². The van der Waals surface area contributed by atoms with Crippen LogP contribution < -0.4 is 0 Å². The highest BCUT2D eigenvalue weighted by molar-refractivity contribution is 7.98. The topological polar surface area (TPSA) is 40.9 Å². The highest BCUT2D eigenvalue weighted by atomic mass is 32.2. The molecule has 2 aromatic carbocycles. The molecule has 0 aliphatic carbocycles. The molecule has 118 valence electrons. The van der Waals surface area contributed by atoms with E-state index in [4.69, 9.17) is 5.26 Å². The van der Waals surface area contributed by atoms with Gasteiger partial charge in [0.2, 0.25) is 0 Å². The number of halogens is 1. The zero-order valence-corrected chi connectivity index (χ0v) is 14.4. The van der Waals surface area contributed by atoms with E-state index in [-0.39, 0.29) is 5.56 Å². The summed E-state index contributed by atoms with van der Waals surface area (Å²) in [5, 5.41) is 8.87. The summed E-state index contributed by atoms with van der Waals surface area (Å²) in [7, 11) is 0. The first kappa shape index (κ1) is 16.4. The van der Waals surface area contributed by atoms with Gasteiger partial charge in [0.15, 0.2) is 6.29 Å². The van der Waals surface area contributed by atoms with E-state index in [9.17, 15) is 9.18 Å². The van der Waals surface area contributed by atoms with Crippen LogP contribution in [0.4, 0.5) is 4.39 Å². The zero-order chi connectivity index (χ0) is 17.1. The number of rotatable bonds is 4. The lowest BCUT2D eigenvalue weighted by Crippen LogP contribution is -1.86. The van der Waals surface area contributed by atoms with Crippen molar-refractivity contribution in [1.29, 1.82) is 5.26 Å². The van der Waals surface area contributed by atoms with Crippen LogP contribution in [0.1, 0.15) is 15.2 Å². The molecule has 0 spiro atoms. The second-order valence-corrected chi connectivity index (χ2v) is 7.01. The fourth-order valence-electron chi connectivity index (χ4n) is 2.41. The molecule has 3 aromatic rings. The van der Waals surface area contributed by atoms with E-state index in [0.717, 1.165) is 27.2 Å². The van der Waals surface area contributed by atoms with E-state index in [2.05, 4.69) is 0 Å². The molecule has 2 nitrogen and oxygen atoms in total. The molecule has 0 atom stereocenters. The van der Waals surface area contributed by atoms with Crippen LogP contribution in [0.3, 0.4) is 0 Å². The fourth-order valence-corrected chi connectivity index (χ4v) is 3.82. The second kappa shape index (κ2) is 7.00. The number of thioether (sulfide) groups is 1. The quantitative estimate of drug-likeness (QED) is 0.451. The Labute approximate surface area is 147 Å². The monoisotopic (exact) mass is 353 g/mol. The van der Waals surface area contributed by atoms with Crippen LogP contribution in [0, 0.1) is 17.1 Å². The summed E-state index contributed by atoms with van der Waals surface area (Å²) in [6, 6.07) is 16.1. The first-order valence-electron chi connectivity index (χ1n) is 7.09. The van der Waals surface area contributed by atoms with Crippen molar-refractivity contribution in [2.24, 2.45) is 0 Å². The van der Waals surface area contributed by atoms with Crippen LogP contribution in [0.2, 0.25) is 0 Å². The normalized spacial score (nSPS) is 10.4. The smallest absolute Gasteiger partial charge is 0.160 e. The summed E-state index contributed by atoms with van der Waals surface area (Å²) in [4.78, 5) is 13.8. The Bertz CT molecular complexity index is 939. The maximum absolute atomic E-state index is 14.0. The van der Waals surface area contributed by atoms with Gasteiger partial charge in [-0.15, -0.1) is 23.1 Å². The first-order valence-corrected chi connectivity index (χ1v) is 9.14. The van der Waals surface area contributed by atoms with Crippen LogP contribution in [0.5, 0.6) is 0 Å². The number of nitrogens with zero attached hydrogens (tertiary/aromatic N) is 1. The van der Waals surface area contributed by atoms with Crippen LogP contribution >= 0.6 is 23.1 Å². The maximum Gasteiger partial charge on any atom is 0.160 e. The van der Waals surface area contributed by atoms with Gasteiger partial charge in [-0.1, -0.05) is 18.2 Å². The summed E-state index contributed by atoms with van der Waals surface area (Å²) in [5.74, 6) is -0.558. The van der Waals surface area contributed by atoms with Crippen LogP contribution in [0.15, 0.2) is 53.4 Å². The molecule has 1 aromatic heterocycles. The molecule has 0 aliphatic rings. The van der Waals surface area contributed by atoms with Crippen molar-refractivity contribution in [3.63, 3.8) is 0 Å². The number of hydrogen-bond donors (Lipinski definition) is 0. The molecule has 0 saturated carbocycles. The average molecular weight is 353 g/mol. The molecule has 1 heterocycles. The minimum absolute atomic E-state index is 0.00969. The number of carbonyl (C=O) groups excluding carboxylic acids is 1. The van der Waals surface area contributed by atoms with E-state index in [0.29, 0.717) is 10.4 Å². The van der Waals surface area contributed by atoms with E-state index in [1.807, 2.05) is 36.6 Å². The average Bonchev–Trinajstić information content (AvgIpc) is 3.06. The minimum atomic E-state index is -0.558. The second-order valence-electron chi connectivity index (χ2n) is 5.04. The van der Waals surface area contributed by atoms with Gasteiger partial charge in [-0.2, -0.15) is 5.26 Å². The van der Waals surface area contributed by atoms with Crippen molar-refractivity contribution >= 4 is 29.4 Å². The molecule has 5 heteroatoms. The predicted octanol–water partition coefficient (Wildman–Crippen LogP) is 5.63. The molecule has 0 saturated heterocycles. The molecule has 0 N–H and O–H groups in total. The van der Waals surface area contributed by atoms with Gasteiger partial charge < -0.3 is 0 Å². The van der Waals surface area contributed by atoms with Gasteiger partial charge in [0, 0.05) is 15.3 Å². The summed E-state index contributed by atoms with van der Waals surface area (Å²) >= 11 is 3.03. The summed E-state index contributed by atoms with van der Waals surface area (Å²) in [5.41, 5.74) is 2.43. The Hall–Kier alpha value is -2.42. The van der Waals surface area contributed by atoms with Crippen molar-refractivity contribution in [3.05, 3.63) is 64.8 Å². The third-order valence-corrected chi connectivity index (χ3v) is 5.47. The van der Waals surface area contributed by atoms with Gasteiger partial charge in [0.25, 0.3) is 0 Å². The summed E-state index contributed by atoms with van der Waals surface area (Å²) < 4.78 is 14.0. The van der Waals surface area contributed by atoms with Crippen LogP contribution in [-0.4, -0.2) is 12.5 Å². The third kappa shape index (κ3) is 3.12. The standard InChI is InChI=1S/C19H12FNOS2/c1-23-15-6-4-12(5-7-15)19-17(9-16(11-22)24-19)13-2-3-14(10-21)18(20)8-13/h2-9,11H,1H3. The van der Waals surface area contributed by atoms with Gasteiger partial charge in [-0.05, 0) is 47.7 Å². The van der Waals surface area contributed by atoms with Gasteiger partial charge >= 0.3 is 0 Å². The predicted molar refractivity (Wildman–Crippen MR) is 97.0 cm³/mol. The number of aldehydes is 1. The highest BCUT2D eigenvalue weighted by Crippen LogP contribution is 2.39. The molecular weight excluding hydrogens is 341 g/mol. The molecular formula is C19H12FNOS2. The van der Waals surface area contributed by atoms with Gasteiger partial charge in [0.05, 0.1) is 10.4 Å². The Morgan fingerprint density at radius 3 is 2.42 bits per heavy atom. The SMILES string of the molecule is CSc1ccc(-c2sc(C=O)cc2-c2ccc(C#N)c(F)c2)cc1. The largest absolute Gasteiger partial charge is 0.297 e. The van der Waals surface area contributed by atoms with Crippen molar-refractivity contribution in [3.8, 4) is 27.6 Å². The van der Waals surface area contributed by atoms with Gasteiger partial charge in [-0.3, -0.25) is 4.79 Å².